The van der Waals surface area contributed by atoms with Gasteiger partial charge in [-0.15, -0.1) is 0 Å². The van der Waals surface area contributed by atoms with Crippen LogP contribution >= 0.6 is 11.8 Å². The van der Waals surface area contributed by atoms with Crippen LogP contribution < -0.4 is 14.8 Å². The number of carbonyl (C=O) groups excluding carboxylic acids is 3. The quantitative estimate of drug-likeness (QED) is 0.762. The normalized spacial score (nSPS) is 20.9. The van der Waals surface area contributed by atoms with E-state index in [2.05, 4.69) is 5.32 Å². The molecule has 2 heterocycles. The van der Waals surface area contributed by atoms with E-state index < -0.39 is 0 Å². The van der Waals surface area contributed by atoms with Gasteiger partial charge in [0.1, 0.15) is 0 Å². The highest BCUT2D eigenvalue weighted by molar-refractivity contribution is 8.18. The predicted octanol–water partition coefficient (Wildman–Crippen LogP) is 3.15. The van der Waals surface area contributed by atoms with E-state index in [-0.39, 0.29) is 42.9 Å². The van der Waals surface area contributed by atoms with Gasteiger partial charge in [-0.3, -0.25) is 19.3 Å². The molecule has 28 heavy (non-hydrogen) atoms. The maximum atomic E-state index is 12.6. The van der Waals surface area contributed by atoms with Crippen LogP contribution in [0.25, 0.3) is 6.08 Å². The van der Waals surface area contributed by atoms with Crippen LogP contribution in [0.1, 0.15) is 37.7 Å². The second kappa shape index (κ2) is 8.26. The van der Waals surface area contributed by atoms with Crippen molar-refractivity contribution in [3.63, 3.8) is 0 Å². The summed E-state index contributed by atoms with van der Waals surface area (Å²) in [6.07, 6.45) is 6.89. The number of benzene rings is 1. The van der Waals surface area contributed by atoms with E-state index in [0.29, 0.717) is 16.4 Å². The lowest BCUT2D eigenvalue weighted by Crippen LogP contribution is -2.39. The predicted molar refractivity (Wildman–Crippen MR) is 105 cm³/mol. The zero-order chi connectivity index (χ0) is 19.5. The second-order valence-electron chi connectivity index (χ2n) is 7.07. The Morgan fingerprint density at radius 2 is 1.96 bits per heavy atom. The first-order valence-corrected chi connectivity index (χ1v) is 10.4. The molecule has 0 atom stereocenters. The molecule has 1 saturated carbocycles. The highest BCUT2D eigenvalue weighted by atomic mass is 32.2. The molecule has 2 aliphatic heterocycles. The standard InChI is InChI=1S/C20H22N2O5S/c23-18(14-4-2-1-3-5-14)21-8-9-22-19(24)17(28-20(22)25)11-13-6-7-15-16(10-13)27-12-26-15/h6-7,10-11,14H,1-5,8-9,12H2,(H,21,23)/b17-11-. The molecule has 0 radical (unpaired) electrons. The maximum absolute atomic E-state index is 12.6. The molecule has 3 aliphatic rings. The van der Waals surface area contributed by atoms with Crippen LogP contribution in [-0.2, 0) is 9.59 Å². The number of nitrogens with zero attached hydrogens (tertiary/aromatic N) is 1. The van der Waals surface area contributed by atoms with Crippen LogP contribution in [0.2, 0.25) is 0 Å². The van der Waals surface area contributed by atoms with E-state index in [4.69, 9.17) is 9.47 Å². The summed E-state index contributed by atoms with van der Waals surface area (Å²) in [7, 11) is 0. The number of thioether (sulfide) groups is 1. The topological polar surface area (TPSA) is 84.9 Å². The number of hydrogen-bond donors (Lipinski definition) is 1. The number of imide groups is 1. The Labute approximate surface area is 167 Å². The lowest BCUT2D eigenvalue weighted by molar-refractivity contribution is -0.127. The second-order valence-corrected chi connectivity index (χ2v) is 8.07. The van der Waals surface area contributed by atoms with Gasteiger partial charge in [-0.1, -0.05) is 25.3 Å². The van der Waals surface area contributed by atoms with Crippen molar-refractivity contribution >= 4 is 34.9 Å². The van der Waals surface area contributed by atoms with Crippen LogP contribution in [0.15, 0.2) is 23.1 Å². The van der Waals surface area contributed by atoms with Crippen molar-refractivity contribution in [1.82, 2.24) is 10.2 Å². The van der Waals surface area contributed by atoms with Crippen molar-refractivity contribution in [2.45, 2.75) is 32.1 Å². The van der Waals surface area contributed by atoms with Crippen molar-refractivity contribution in [2.75, 3.05) is 19.9 Å². The molecule has 1 saturated heterocycles. The first-order chi connectivity index (χ1) is 13.6. The summed E-state index contributed by atoms with van der Waals surface area (Å²) in [5.41, 5.74) is 0.764. The molecular weight excluding hydrogens is 380 g/mol. The molecule has 1 N–H and O–H groups in total. The third-order valence-electron chi connectivity index (χ3n) is 5.18. The first kappa shape index (κ1) is 18.9. The summed E-state index contributed by atoms with van der Waals surface area (Å²) in [6, 6.07) is 5.37. The van der Waals surface area contributed by atoms with E-state index in [1.807, 2.05) is 6.07 Å². The zero-order valence-corrected chi connectivity index (χ0v) is 16.3. The zero-order valence-electron chi connectivity index (χ0n) is 15.4. The number of carbonyl (C=O) groups is 3. The van der Waals surface area contributed by atoms with E-state index in [0.717, 1.165) is 43.0 Å². The fourth-order valence-electron chi connectivity index (χ4n) is 3.65. The fraction of sp³-hybridized carbons (Fsp3) is 0.450. The number of amides is 3. The van der Waals surface area contributed by atoms with Crippen LogP contribution in [-0.4, -0.2) is 41.8 Å². The average molecular weight is 402 g/mol. The summed E-state index contributed by atoms with van der Waals surface area (Å²) >= 11 is 0.911. The van der Waals surface area contributed by atoms with Crippen LogP contribution in [0.3, 0.4) is 0 Å². The fourth-order valence-corrected chi connectivity index (χ4v) is 4.51. The molecule has 2 fully saturated rings. The molecule has 4 rings (SSSR count). The average Bonchev–Trinajstić information content (AvgIpc) is 3.28. The van der Waals surface area contributed by atoms with Crippen LogP contribution in [0.4, 0.5) is 4.79 Å². The maximum Gasteiger partial charge on any atom is 0.293 e. The van der Waals surface area contributed by atoms with Gasteiger partial charge in [0.15, 0.2) is 11.5 Å². The lowest BCUT2D eigenvalue weighted by Gasteiger charge is -2.21. The van der Waals surface area contributed by atoms with E-state index in [1.54, 1.807) is 18.2 Å². The molecular formula is C20H22N2O5S. The van der Waals surface area contributed by atoms with E-state index >= 15 is 0 Å². The van der Waals surface area contributed by atoms with Crippen molar-refractivity contribution in [3.05, 3.63) is 28.7 Å². The van der Waals surface area contributed by atoms with Gasteiger partial charge < -0.3 is 14.8 Å². The van der Waals surface area contributed by atoms with Crippen molar-refractivity contribution in [3.8, 4) is 11.5 Å². The molecule has 1 aliphatic carbocycles. The summed E-state index contributed by atoms with van der Waals surface area (Å²) in [4.78, 5) is 38.5. The molecule has 3 amide bonds. The van der Waals surface area contributed by atoms with Gasteiger partial charge in [0.2, 0.25) is 12.7 Å². The molecule has 1 aromatic carbocycles. The Kier molecular flexibility index (Phi) is 5.57. The molecule has 0 aromatic heterocycles. The Balaban J connectivity index is 1.34. The Bertz CT molecular complexity index is 832. The Hall–Kier alpha value is -2.48. The molecule has 0 bridgehead atoms. The Morgan fingerprint density at radius 1 is 1.18 bits per heavy atom. The third kappa shape index (κ3) is 4.01. The minimum atomic E-state index is -0.334. The third-order valence-corrected chi connectivity index (χ3v) is 6.09. The lowest BCUT2D eigenvalue weighted by atomic mass is 9.89. The van der Waals surface area contributed by atoms with Crippen molar-refractivity contribution in [2.24, 2.45) is 5.92 Å². The van der Waals surface area contributed by atoms with Gasteiger partial charge in [-0.25, -0.2) is 0 Å². The molecule has 148 valence electrons. The summed E-state index contributed by atoms with van der Waals surface area (Å²) in [5.74, 6) is 1.05. The molecule has 0 unspecified atom stereocenters. The van der Waals surface area contributed by atoms with E-state index in [1.165, 1.54) is 11.3 Å². The van der Waals surface area contributed by atoms with Gasteiger partial charge in [-0.05, 0) is 48.4 Å². The minimum Gasteiger partial charge on any atom is -0.454 e. The molecule has 1 aromatic rings. The van der Waals surface area contributed by atoms with Gasteiger partial charge in [0.25, 0.3) is 11.1 Å². The smallest absolute Gasteiger partial charge is 0.293 e. The monoisotopic (exact) mass is 402 g/mol. The summed E-state index contributed by atoms with van der Waals surface area (Å²) in [6.45, 7) is 0.647. The number of rotatable bonds is 5. The number of ether oxygens (including phenoxy) is 2. The van der Waals surface area contributed by atoms with Crippen molar-refractivity contribution in [1.29, 1.82) is 0 Å². The SMILES string of the molecule is O=C(NCCN1C(=O)S/C(=C\c2ccc3c(c2)OCO3)C1=O)C1CCCCC1. The number of fused-ring (bicyclic) bond motifs is 1. The molecule has 8 heteroatoms. The largest absolute Gasteiger partial charge is 0.454 e. The van der Waals surface area contributed by atoms with Gasteiger partial charge in [0, 0.05) is 19.0 Å². The van der Waals surface area contributed by atoms with Crippen LogP contribution in [0, 0.1) is 5.92 Å². The summed E-state index contributed by atoms with van der Waals surface area (Å²) < 4.78 is 10.6. The van der Waals surface area contributed by atoms with E-state index in [9.17, 15) is 14.4 Å². The van der Waals surface area contributed by atoms with Crippen LogP contribution in [0.5, 0.6) is 11.5 Å². The van der Waals surface area contributed by atoms with Gasteiger partial charge in [-0.2, -0.15) is 0 Å². The van der Waals surface area contributed by atoms with Crippen molar-refractivity contribution < 1.29 is 23.9 Å². The first-order valence-electron chi connectivity index (χ1n) is 9.54. The molecule has 7 nitrogen and oxygen atoms in total. The number of hydrogen-bond acceptors (Lipinski definition) is 6. The van der Waals surface area contributed by atoms with Gasteiger partial charge >= 0.3 is 0 Å². The highest BCUT2D eigenvalue weighted by Crippen LogP contribution is 2.36. The number of nitrogens with one attached hydrogen (secondary N) is 1. The highest BCUT2D eigenvalue weighted by Gasteiger charge is 2.35. The Morgan fingerprint density at radius 3 is 2.79 bits per heavy atom. The summed E-state index contributed by atoms with van der Waals surface area (Å²) in [5, 5.41) is 2.55. The minimum absolute atomic E-state index is 0.0302. The molecule has 0 spiro atoms. The van der Waals surface area contributed by atoms with Gasteiger partial charge in [0.05, 0.1) is 4.91 Å².